The number of piperidine rings is 1. The zero-order valence-corrected chi connectivity index (χ0v) is 10.5. The number of aromatic nitrogens is 1. The maximum Gasteiger partial charge on any atom is 0.128 e. The molecule has 1 atom stereocenters. The van der Waals surface area contributed by atoms with Gasteiger partial charge in [0.1, 0.15) is 11.7 Å². The van der Waals surface area contributed by atoms with Gasteiger partial charge in [0.2, 0.25) is 0 Å². The number of nitrogen functional groups attached to an aromatic ring is 1. The normalized spacial score (nSPS) is 19.8. The second-order valence-electron chi connectivity index (χ2n) is 4.79. The van der Waals surface area contributed by atoms with E-state index >= 15 is 0 Å². The third-order valence-electron chi connectivity index (χ3n) is 3.44. The van der Waals surface area contributed by atoms with E-state index in [-0.39, 0.29) is 12.4 Å². The highest BCUT2D eigenvalue weighted by Gasteiger charge is 2.20. The Morgan fingerprint density at radius 3 is 3.00 bits per heavy atom. The van der Waals surface area contributed by atoms with Gasteiger partial charge < -0.3 is 15.7 Å². The smallest absolute Gasteiger partial charge is 0.128 e. The van der Waals surface area contributed by atoms with Gasteiger partial charge in [-0.15, -0.1) is 0 Å². The molecule has 0 amide bonds. The number of hydrogen-bond acceptors (Lipinski definition) is 4. The van der Waals surface area contributed by atoms with Crippen molar-refractivity contribution in [1.29, 1.82) is 5.41 Å². The minimum Gasteiger partial charge on any atom is -0.396 e. The van der Waals surface area contributed by atoms with E-state index in [1.165, 1.54) is 6.42 Å². The van der Waals surface area contributed by atoms with E-state index in [0.29, 0.717) is 11.5 Å². The van der Waals surface area contributed by atoms with E-state index in [1.807, 2.05) is 12.1 Å². The lowest BCUT2D eigenvalue weighted by Crippen LogP contribution is -2.36. The standard InChI is InChI=1S/C13H20N4O/c14-13(15)11-3-4-12(16-8-11)17-6-1-2-10(9-17)5-7-18/h3-4,8,10,18H,1-2,5-7,9H2,(H3,14,15). The van der Waals surface area contributed by atoms with Crippen LogP contribution in [0.25, 0.3) is 0 Å². The highest BCUT2D eigenvalue weighted by Crippen LogP contribution is 2.23. The van der Waals surface area contributed by atoms with Crippen molar-refractivity contribution in [1.82, 2.24) is 4.98 Å². The maximum absolute atomic E-state index is 9.00. The molecule has 1 unspecified atom stereocenters. The fraction of sp³-hybridized carbons (Fsp3) is 0.538. The lowest BCUT2D eigenvalue weighted by Gasteiger charge is -2.33. The second kappa shape index (κ2) is 5.82. The monoisotopic (exact) mass is 248 g/mol. The molecule has 0 aromatic carbocycles. The van der Waals surface area contributed by atoms with Crippen LogP contribution >= 0.6 is 0 Å². The summed E-state index contributed by atoms with van der Waals surface area (Å²) in [7, 11) is 0. The van der Waals surface area contributed by atoms with Crippen LogP contribution in [0.3, 0.4) is 0 Å². The summed E-state index contributed by atoms with van der Waals surface area (Å²) < 4.78 is 0. The molecule has 1 aromatic rings. The number of pyridine rings is 1. The Morgan fingerprint density at radius 1 is 1.56 bits per heavy atom. The van der Waals surface area contributed by atoms with Gasteiger partial charge in [0.25, 0.3) is 0 Å². The van der Waals surface area contributed by atoms with Crippen LogP contribution in [-0.4, -0.2) is 35.6 Å². The zero-order chi connectivity index (χ0) is 13.0. The average Bonchev–Trinajstić information content (AvgIpc) is 2.39. The van der Waals surface area contributed by atoms with Crippen molar-refractivity contribution in [2.24, 2.45) is 11.7 Å². The van der Waals surface area contributed by atoms with E-state index in [4.69, 9.17) is 16.2 Å². The van der Waals surface area contributed by atoms with Crippen LogP contribution < -0.4 is 10.6 Å². The van der Waals surface area contributed by atoms with Gasteiger partial charge in [-0.05, 0) is 37.3 Å². The fourth-order valence-corrected chi connectivity index (χ4v) is 2.42. The third kappa shape index (κ3) is 2.98. The molecule has 0 saturated carbocycles. The van der Waals surface area contributed by atoms with E-state index in [0.717, 1.165) is 31.7 Å². The first-order chi connectivity index (χ1) is 8.70. The predicted octanol–water partition coefficient (Wildman–Crippen LogP) is 0.964. The van der Waals surface area contributed by atoms with Gasteiger partial charge in [-0.1, -0.05) is 0 Å². The van der Waals surface area contributed by atoms with Crippen LogP contribution in [0.5, 0.6) is 0 Å². The van der Waals surface area contributed by atoms with Gasteiger partial charge in [-0.25, -0.2) is 4.98 Å². The Morgan fingerprint density at radius 2 is 2.39 bits per heavy atom. The van der Waals surface area contributed by atoms with Gasteiger partial charge in [0.05, 0.1) is 0 Å². The molecule has 1 fully saturated rings. The Balaban J connectivity index is 2.04. The molecule has 1 aromatic heterocycles. The molecular weight excluding hydrogens is 228 g/mol. The topological polar surface area (TPSA) is 86.2 Å². The molecule has 18 heavy (non-hydrogen) atoms. The summed E-state index contributed by atoms with van der Waals surface area (Å²) in [6.45, 7) is 2.22. The Bertz CT molecular complexity index is 402. The Hall–Kier alpha value is -1.62. The highest BCUT2D eigenvalue weighted by molar-refractivity contribution is 5.94. The summed E-state index contributed by atoms with van der Waals surface area (Å²) in [5, 5.41) is 16.3. The van der Waals surface area contributed by atoms with E-state index < -0.39 is 0 Å². The third-order valence-corrected chi connectivity index (χ3v) is 3.44. The molecule has 4 N–H and O–H groups in total. The van der Waals surface area contributed by atoms with Crippen LogP contribution in [0.1, 0.15) is 24.8 Å². The molecule has 5 heteroatoms. The molecule has 0 spiro atoms. The second-order valence-corrected chi connectivity index (χ2v) is 4.79. The van der Waals surface area contributed by atoms with Crippen molar-refractivity contribution >= 4 is 11.7 Å². The van der Waals surface area contributed by atoms with Gasteiger partial charge in [0.15, 0.2) is 0 Å². The molecule has 2 rings (SSSR count). The number of amidine groups is 1. The number of rotatable bonds is 4. The summed E-state index contributed by atoms with van der Waals surface area (Å²) in [6, 6.07) is 3.75. The SMILES string of the molecule is N=C(N)c1ccc(N2CCCC(CCO)C2)nc1. The summed E-state index contributed by atoms with van der Waals surface area (Å²) in [6.07, 6.45) is 4.83. The van der Waals surface area contributed by atoms with Crippen LogP contribution in [0.15, 0.2) is 18.3 Å². The number of hydrogen-bond donors (Lipinski definition) is 3. The van der Waals surface area contributed by atoms with Crippen molar-refractivity contribution in [3.05, 3.63) is 23.9 Å². The average molecular weight is 248 g/mol. The van der Waals surface area contributed by atoms with Crippen LogP contribution in [-0.2, 0) is 0 Å². The number of nitrogens with two attached hydrogens (primary N) is 1. The molecular formula is C13H20N4O. The molecule has 0 bridgehead atoms. The number of nitrogens with zero attached hydrogens (tertiary/aromatic N) is 2. The summed E-state index contributed by atoms with van der Waals surface area (Å²) in [5.41, 5.74) is 6.06. The number of nitrogens with one attached hydrogen (secondary N) is 1. The number of anilines is 1. The molecule has 0 aliphatic carbocycles. The van der Waals surface area contributed by atoms with Crippen LogP contribution in [0.2, 0.25) is 0 Å². The van der Waals surface area contributed by atoms with Crippen molar-refractivity contribution in [3.8, 4) is 0 Å². The zero-order valence-electron chi connectivity index (χ0n) is 10.5. The molecule has 98 valence electrons. The lowest BCUT2D eigenvalue weighted by molar-refractivity contribution is 0.244. The summed E-state index contributed by atoms with van der Waals surface area (Å²) in [5.74, 6) is 1.53. The van der Waals surface area contributed by atoms with Gasteiger partial charge in [0, 0.05) is 31.5 Å². The van der Waals surface area contributed by atoms with Crippen LogP contribution in [0, 0.1) is 11.3 Å². The molecule has 0 radical (unpaired) electrons. The lowest BCUT2D eigenvalue weighted by atomic mass is 9.95. The van der Waals surface area contributed by atoms with Crippen molar-refractivity contribution in [2.75, 3.05) is 24.6 Å². The Kier molecular flexibility index (Phi) is 4.15. The Labute approximate surface area is 107 Å². The van der Waals surface area contributed by atoms with Gasteiger partial charge in [-0.2, -0.15) is 0 Å². The van der Waals surface area contributed by atoms with Crippen LogP contribution in [0.4, 0.5) is 5.82 Å². The van der Waals surface area contributed by atoms with Crippen molar-refractivity contribution in [3.63, 3.8) is 0 Å². The number of aliphatic hydroxyl groups is 1. The first-order valence-electron chi connectivity index (χ1n) is 6.37. The molecule has 5 nitrogen and oxygen atoms in total. The van der Waals surface area contributed by atoms with Gasteiger partial charge in [-0.3, -0.25) is 5.41 Å². The van der Waals surface area contributed by atoms with Gasteiger partial charge >= 0.3 is 0 Å². The molecule has 1 aliphatic heterocycles. The van der Waals surface area contributed by atoms with Crippen molar-refractivity contribution in [2.45, 2.75) is 19.3 Å². The molecule has 1 aliphatic rings. The first-order valence-corrected chi connectivity index (χ1v) is 6.37. The number of aliphatic hydroxyl groups excluding tert-OH is 1. The fourth-order valence-electron chi connectivity index (χ4n) is 2.42. The van der Waals surface area contributed by atoms with E-state index in [9.17, 15) is 0 Å². The quantitative estimate of drug-likeness (QED) is 0.547. The van der Waals surface area contributed by atoms with Crippen molar-refractivity contribution < 1.29 is 5.11 Å². The van der Waals surface area contributed by atoms with E-state index in [1.54, 1.807) is 6.20 Å². The van der Waals surface area contributed by atoms with E-state index in [2.05, 4.69) is 9.88 Å². The minimum absolute atomic E-state index is 0.0471. The molecule has 1 saturated heterocycles. The highest BCUT2D eigenvalue weighted by atomic mass is 16.3. The minimum atomic E-state index is 0.0471. The summed E-state index contributed by atoms with van der Waals surface area (Å²) >= 11 is 0. The maximum atomic E-state index is 9.00. The predicted molar refractivity (Wildman–Crippen MR) is 71.9 cm³/mol. The summed E-state index contributed by atoms with van der Waals surface area (Å²) in [4.78, 5) is 6.60. The molecule has 2 heterocycles. The largest absolute Gasteiger partial charge is 0.396 e. The first kappa shape index (κ1) is 12.8.